The molecule has 1 saturated heterocycles. The van der Waals surface area contributed by atoms with Gasteiger partial charge in [0.25, 0.3) is 5.91 Å². The fraction of sp³-hybridized carbons (Fsp3) is 0.346. The topological polar surface area (TPSA) is 64.0 Å². The van der Waals surface area contributed by atoms with E-state index in [1.165, 1.54) is 0 Å². The molecule has 11 heteroatoms. The lowest BCUT2D eigenvalue weighted by atomic mass is 9.97. The summed E-state index contributed by atoms with van der Waals surface area (Å²) in [7, 11) is 0. The molecule has 1 aromatic heterocycles. The maximum absolute atomic E-state index is 13.0. The smallest absolute Gasteiger partial charge is 0.263 e. The molecular weight excluding hydrogens is 576 g/mol. The van der Waals surface area contributed by atoms with E-state index in [0.717, 1.165) is 34.8 Å². The largest absolute Gasteiger partial charge is 0.479 e. The highest BCUT2D eigenvalue weighted by Crippen LogP contribution is 2.39. The standard InChI is InChI=1S/C26H23Cl4N3O3S/c1-14(35-22-6-5-16(27)11-19(22)30)26(34)33-9-7-15(8-10-33)25-31-21(13-37-25)20-12-23(36-32-20)24-17(28)3-2-4-18(24)29/h2-6,11,13-15,23H,7-10,12H2,1H3. The first kappa shape index (κ1) is 26.6. The number of rotatable bonds is 6. The predicted molar refractivity (Wildman–Crippen MR) is 149 cm³/mol. The molecule has 2 aliphatic rings. The van der Waals surface area contributed by atoms with Gasteiger partial charge < -0.3 is 14.5 Å². The van der Waals surface area contributed by atoms with Gasteiger partial charge in [0.05, 0.1) is 15.7 Å². The van der Waals surface area contributed by atoms with Crippen molar-refractivity contribution in [1.29, 1.82) is 0 Å². The number of carbonyl (C=O) groups is 1. The highest BCUT2D eigenvalue weighted by molar-refractivity contribution is 7.10. The van der Waals surface area contributed by atoms with Crippen molar-refractivity contribution < 1.29 is 14.4 Å². The molecule has 5 rings (SSSR count). The van der Waals surface area contributed by atoms with Crippen LogP contribution < -0.4 is 4.74 Å². The molecule has 2 aromatic carbocycles. The van der Waals surface area contributed by atoms with Crippen LogP contribution in [0.4, 0.5) is 0 Å². The number of halogens is 4. The molecule has 6 nitrogen and oxygen atoms in total. The summed E-state index contributed by atoms with van der Waals surface area (Å²) < 4.78 is 5.81. The number of piperidine rings is 1. The fourth-order valence-electron chi connectivity index (χ4n) is 4.53. The van der Waals surface area contributed by atoms with Crippen molar-refractivity contribution in [2.45, 2.75) is 44.3 Å². The summed E-state index contributed by atoms with van der Waals surface area (Å²) in [4.78, 5) is 25.3. The van der Waals surface area contributed by atoms with Gasteiger partial charge in [0.1, 0.15) is 11.5 Å². The zero-order chi connectivity index (χ0) is 26.1. The average molecular weight is 599 g/mol. The van der Waals surface area contributed by atoms with Crippen LogP contribution in [0.25, 0.3) is 0 Å². The highest BCUT2D eigenvalue weighted by atomic mass is 35.5. The minimum absolute atomic E-state index is 0.0639. The molecule has 37 heavy (non-hydrogen) atoms. The third-order valence-electron chi connectivity index (χ3n) is 6.51. The lowest BCUT2D eigenvalue weighted by Gasteiger charge is -2.32. The number of hydrogen-bond donors (Lipinski definition) is 0. The molecule has 1 fully saturated rings. The number of carbonyl (C=O) groups excluding carboxylic acids is 1. The van der Waals surface area contributed by atoms with Crippen molar-refractivity contribution >= 4 is 69.4 Å². The molecule has 0 spiro atoms. The molecule has 2 atom stereocenters. The van der Waals surface area contributed by atoms with Gasteiger partial charge in [-0.1, -0.05) is 57.6 Å². The van der Waals surface area contributed by atoms with Gasteiger partial charge in [-0.2, -0.15) is 0 Å². The second kappa shape index (κ2) is 11.4. The summed E-state index contributed by atoms with van der Waals surface area (Å²) >= 11 is 26.4. The summed E-state index contributed by atoms with van der Waals surface area (Å²) in [5.74, 6) is 0.655. The molecule has 3 heterocycles. The molecule has 194 valence electrons. The van der Waals surface area contributed by atoms with Crippen molar-refractivity contribution in [1.82, 2.24) is 9.88 Å². The Balaban J connectivity index is 1.16. The third-order valence-corrected chi connectivity index (χ3v) is 8.71. The van der Waals surface area contributed by atoms with Crippen LogP contribution in [0.3, 0.4) is 0 Å². The van der Waals surface area contributed by atoms with E-state index in [1.54, 1.807) is 54.7 Å². The van der Waals surface area contributed by atoms with Gasteiger partial charge in [-0.3, -0.25) is 4.79 Å². The summed E-state index contributed by atoms with van der Waals surface area (Å²) in [5, 5.41) is 9.33. The van der Waals surface area contributed by atoms with Gasteiger partial charge in [-0.25, -0.2) is 4.98 Å². The van der Waals surface area contributed by atoms with Crippen LogP contribution in [0, 0.1) is 0 Å². The van der Waals surface area contributed by atoms with Crippen LogP contribution in [0.15, 0.2) is 46.9 Å². The van der Waals surface area contributed by atoms with E-state index in [2.05, 4.69) is 5.16 Å². The molecule has 0 saturated carbocycles. The Morgan fingerprint density at radius 3 is 2.54 bits per heavy atom. The summed E-state index contributed by atoms with van der Waals surface area (Å²) in [5.41, 5.74) is 2.34. The van der Waals surface area contributed by atoms with E-state index < -0.39 is 6.10 Å². The van der Waals surface area contributed by atoms with E-state index in [4.69, 9.17) is 61.0 Å². The van der Waals surface area contributed by atoms with Crippen molar-refractivity contribution in [3.8, 4) is 5.75 Å². The number of ether oxygens (including phenoxy) is 1. The van der Waals surface area contributed by atoms with Gasteiger partial charge in [0.2, 0.25) is 0 Å². The summed E-state index contributed by atoms with van der Waals surface area (Å²) in [6.07, 6.45) is 1.22. The number of aromatic nitrogens is 1. The lowest BCUT2D eigenvalue weighted by Crippen LogP contribution is -2.44. The van der Waals surface area contributed by atoms with Gasteiger partial charge >= 0.3 is 0 Å². The van der Waals surface area contributed by atoms with Crippen molar-refractivity contribution in [3.63, 3.8) is 0 Å². The maximum Gasteiger partial charge on any atom is 0.263 e. The molecular formula is C26H23Cl4N3O3S. The van der Waals surface area contributed by atoms with Crippen LogP contribution in [0.5, 0.6) is 5.75 Å². The quantitative estimate of drug-likeness (QED) is 0.290. The molecule has 3 aromatic rings. The van der Waals surface area contributed by atoms with Crippen LogP contribution in [-0.2, 0) is 9.63 Å². The lowest BCUT2D eigenvalue weighted by molar-refractivity contribution is -0.139. The number of hydrogen-bond acceptors (Lipinski definition) is 6. The molecule has 0 bridgehead atoms. The Morgan fingerprint density at radius 2 is 1.84 bits per heavy atom. The number of oxime groups is 1. The van der Waals surface area contributed by atoms with Gasteiger partial charge in [0.15, 0.2) is 12.2 Å². The SMILES string of the molecule is CC(Oc1ccc(Cl)cc1Cl)C(=O)N1CCC(c2nc(C3=NOC(c4c(Cl)cccc4Cl)C3)cs2)CC1. The fourth-order valence-corrected chi connectivity index (χ4v) is 6.62. The van der Waals surface area contributed by atoms with Crippen LogP contribution in [0.1, 0.15) is 54.5 Å². The molecule has 0 N–H and O–H groups in total. The third kappa shape index (κ3) is 5.86. The number of likely N-dealkylation sites (tertiary alicyclic amines) is 1. The van der Waals surface area contributed by atoms with Crippen molar-refractivity contribution in [2.24, 2.45) is 5.16 Å². The molecule has 2 unspecified atom stereocenters. The Labute approximate surface area is 239 Å². The van der Waals surface area contributed by atoms with E-state index in [1.807, 2.05) is 10.3 Å². The van der Waals surface area contributed by atoms with Gasteiger partial charge in [0, 0.05) is 51.4 Å². The van der Waals surface area contributed by atoms with Gasteiger partial charge in [-0.15, -0.1) is 11.3 Å². The zero-order valence-electron chi connectivity index (χ0n) is 19.8. The summed E-state index contributed by atoms with van der Waals surface area (Å²) in [6.45, 7) is 3.01. The number of amides is 1. The number of benzene rings is 2. The first-order chi connectivity index (χ1) is 17.8. The Morgan fingerprint density at radius 1 is 1.11 bits per heavy atom. The average Bonchev–Trinajstić information content (AvgIpc) is 3.56. The Kier molecular flexibility index (Phi) is 8.17. The second-order valence-corrected chi connectivity index (χ2v) is 11.5. The minimum atomic E-state index is -0.651. The second-order valence-electron chi connectivity index (χ2n) is 8.98. The van der Waals surface area contributed by atoms with Crippen molar-refractivity contribution in [2.75, 3.05) is 13.1 Å². The minimum Gasteiger partial charge on any atom is -0.479 e. The van der Waals surface area contributed by atoms with Crippen LogP contribution in [0.2, 0.25) is 20.1 Å². The zero-order valence-corrected chi connectivity index (χ0v) is 23.6. The number of nitrogens with zero attached hydrogens (tertiary/aromatic N) is 3. The van der Waals surface area contributed by atoms with Crippen molar-refractivity contribution in [3.05, 3.63) is 78.1 Å². The van der Waals surface area contributed by atoms with E-state index in [0.29, 0.717) is 45.4 Å². The normalized spacial score (nSPS) is 18.9. The monoisotopic (exact) mass is 597 g/mol. The maximum atomic E-state index is 13.0. The summed E-state index contributed by atoms with van der Waals surface area (Å²) in [6, 6.07) is 10.3. The first-order valence-electron chi connectivity index (χ1n) is 11.8. The first-order valence-corrected chi connectivity index (χ1v) is 14.2. The number of thiazole rings is 1. The van der Waals surface area contributed by atoms with Crippen LogP contribution >= 0.6 is 57.7 Å². The molecule has 2 aliphatic heterocycles. The van der Waals surface area contributed by atoms with E-state index >= 15 is 0 Å². The van der Waals surface area contributed by atoms with E-state index in [9.17, 15) is 4.79 Å². The molecule has 0 radical (unpaired) electrons. The van der Waals surface area contributed by atoms with Gasteiger partial charge in [-0.05, 0) is 50.1 Å². The molecule has 1 amide bonds. The molecule has 0 aliphatic carbocycles. The Bertz CT molecular complexity index is 1320. The Hall–Kier alpha value is -2.03. The predicted octanol–water partition coefficient (Wildman–Crippen LogP) is 7.80. The van der Waals surface area contributed by atoms with E-state index in [-0.39, 0.29) is 17.9 Å². The van der Waals surface area contributed by atoms with Crippen LogP contribution in [-0.4, -0.2) is 40.7 Å². The highest BCUT2D eigenvalue weighted by Gasteiger charge is 2.32.